The quantitative estimate of drug-likeness (QED) is 0.837. The van der Waals surface area contributed by atoms with Gasteiger partial charge in [-0.1, -0.05) is 17.7 Å². The summed E-state index contributed by atoms with van der Waals surface area (Å²) in [5, 5.41) is 3.20. The summed E-state index contributed by atoms with van der Waals surface area (Å²) >= 11 is 5.74. The van der Waals surface area contributed by atoms with Crippen LogP contribution in [0.2, 0.25) is 5.02 Å². The highest BCUT2D eigenvalue weighted by Crippen LogP contribution is 2.27. The van der Waals surface area contributed by atoms with E-state index in [-0.39, 0.29) is 11.0 Å². The van der Waals surface area contributed by atoms with E-state index in [0.29, 0.717) is 18.2 Å². The third-order valence-corrected chi connectivity index (χ3v) is 3.07. The molecule has 0 radical (unpaired) electrons. The molecule has 0 heterocycles. The zero-order chi connectivity index (χ0) is 13.1. The summed E-state index contributed by atoms with van der Waals surface area (Å²) in [5.74, 6) is -0.846. The molecule has 0 aromatic heterocycles. The van der Waals surface area contributed by atoms with Gasteiger partial charge < -0.3 is 4.74 Å². The van der Waals surface area contributed by atoms with E-state index >= 15 is 0 Å². The molecular weight excluding hydrogens is 257 g/mol. The lowest BCUT2D eigenvalue weighted by Crippen LogP contribution is -2.31. The van der Waals surface area contributed by atoms with Crippen LogP contribution in [-0.4, -0.2) is 18.6 Å². The maximum Gasteiger partial charge on any atom is 0.327 e. The first kappa shape index (κ1) is 13.3. The standard InChI is InChI=1S/C13H15ClFNO2/c1-2-18-13(17)12(16-9-4-5-9)8-3-6-11(15)10(14)7-8/h3,6-7,9,12,16H,2,4-5H2,1H3. The molecule has 0 amide bonds. The highest BCUT2D eigenvalue weighted by Gasteiger charge is 2.30. The molecule has 0 bridgehead atoms. The van der Waals surface area contributed by atoms with E-state index in [1.165, 1.54) is 12.1 Å². The second kappa shape index (κ2) is 5.67. The molecular formula is C13H15ClFNO2. The average Bonchev–Trinajstić information content (AvgIpc) is 3.14. The molecule has 5 heteroatoms. The van der Waals surface area contributed by atoms with Crippen LogP contribution in [0.5, 0.6) is 0 Å². The Bertz CT molecular complexity index is 449. The van der Waals surface area contributed by atoms with Crippen molar-refractivity contribution in [3.05, 3.63) is 34.6 Å². The fourth-order valence-electron chi connectivity index (χ4n) is 1.70. The summed E-state index contributed by atoms with van der Waals surface area (Å²) < 4.78 is 18.1. The van der Waals surface area contributed by atoms with Crippen molar-refractivity contribution in [3.8, 4) is 0 Å². The number of hydrogen-bond acceptors (Lipinski definition) is 3. The van der Waals surface area contributed by atoms with Crippen molar-refractivity contribution in [1.82, 2.24) is 5.32 Å². The maximum absolute atomic E-state index is 13.1. The van der Waals surface area contributed by atoms with Crippen LogP contribution in [-0.2, 0) is 9.53 Å². The summed E-state index contributed by atoms with van der Waals surface area (Å²) in [4.78, 5) is 11.9. The van der Waals surface area contributed by atoms with Gasteiger partial charge in [-0.05, 0) is 37.5 Å². The zero-order valence-electron chi connectivity index (χ0n) is 10.1. The third kappa shape index (κ3) is 3.21. The van der Waals surface area contributed by atoms with E-state index in [2.05, 4.69) is 5.32 Å². The number of rotatable bonds is 5. The van der Waals surface area contributed by atoms with Gasteiger partial charge in [-0.15, -0.1) is 0 Å². The minimum atomic E-state index is -0.574. The first-order valence-electron chi connectivity index (χ1n) is 5.99. The maximum atomic E-state index is 13.1. The molecule has 3 nitrogen and oxygen atoms in total. The number of carbonyl (C=O) groups excluding carboxylic acids is 1. The van der Waals surface area contributed by atoms with Crippen LogP contribution in [0.15, 0.2) is 18.2 Å². The summed E-state index contributed by atoms with van der Waals surface area (Å²) in [5.41, 5.74) is 0.631. The van der Waals surface area contributed by atoms with Crippen LogP contribution < -0.4 is 5.32 Å². The molecule has 1 atom stereocenters. The van der Waals surface area contributed by atoms with Crippen LogP contribution in [0.25, 0.3) is 0 Å². The van der Waals surface area contributed by atoms with Crippen molar-refractivity contribution in [2.75, 3.05) is 6.61 Å². The van der Waals surface area contributed by atoms with Crippen LogP contribution in [0.4, 0.5) is 4.39 Å². The minimum absolute atomic E-state index is 0.0133. The normalized spacial score (nSPS) is 16.4. The Morgan fingerprint density at radius 2 is 2.33 bits per heavy atom. The molecule has 1 aliphatic rings. The molecule has 1 aromatic rings. The molecule has 1 aromatic carbocycles. The van der Waals surface area contributed by atoms with E-state index in [9.17, 15) is 9.18 Å². The predicted octanol–water partition coefficient (Wildman–Crippen LogP) is 2.84. The number of hydrogen-bond donors (Lipinski definition) is 1. The Morgan fingerprint density at radius 1 is 1.61 bits per heavy atom. The Kier molecular flexibility index (Phi) is 4.19. The van der Waals surface area contributed by atoms with Crippen LogP contribution in [0.3, 0.4) is 0 Å². The topological polar surface area (TPSA) is 38.3 Å². The average molecular weight is 272 g/mol. The van der Waals surface area contributed by atoms with Gasteiger partial charge in [0.05, 0.1) is 11.6 Å². The van der Waals surface area contributed by atoms with Crippen molar-refractivity contribution < 1.29 is 13.9 Å². The van der Waals surface area contributed by atoms with Gasteiger partial charge >= 0.3 is 5.97 Å². The summed E-state index contributed by atoms with van der Waals surface area (Å²) in [7, 11) is 0. The lowest BCUT2D eigenvalue weighted by molar-refractivity contribution is -0.145. The molecule has 1 aliphatic carbocycles. The zero-order valence-corrected chi connectivity index (χ0v) is 10.8. The van der Waals surface area contributed by atoms with E-state index in [1.54, 1.807) is 13.0 Å². The number of halogens is 2. The van der Waals surface area contributed by atoms with Crippen molar-refractivity contribution in [3.63, 3.8) is 0 Å². The number of esters is 1. The van der Waals surface area contributed by atoms with Gasteiger partial charge in [-0.25, -0.2) is 9.18 Å². The smallest absolute Gasteiger partial charge is 0.327 e. The number of carbonyl (C=O) groups is 1. The number of ether oxygens (including phenoxy) is 1. The van der Waals surface area contributed by atoms with Crippen LogP contribution >= 0.6 is 11.6 Å². The third-order valence-electron chi connectivity index (χ3n) is 2.78. The van der Waals surface area contributed by atoms with Gasteiger partial charge in [-0.2, -0.15) is 0 Å². The fraction of sp³-hybridized carbons (Fsp3) is 0.462. The van der Waals surface area contributed by atoms with E-state index in [1.807, 2.05) is 0 Å². The molecule has 98 valence electrons. The Hall–Kier alpha value is -1.13. The van der Waals surface area contributed by atoms with E-state index in [0.717, 1.165) is 12.8 Å². The lowest BCUT2D eigenvalue weighted by Gasteiger charge is -2.17. The highest BCUT2D eigenvalue weighted by atomic mass is 35.5. The summed E-state index contributed by atoms with van der Waals surface area (Å²) in [6, 6.07) is 4.05. The Labute approximate surface area is 110 Å². The molecule has 0 spiro atoms. The molecule has 0 aliphatic heterocycles. The Balaban J connectivity index is 2.20. The van der Waals surface area contributed by atoms with Crippen molar-refractivity contribution in [2.24, 2.45) is 0 Å². The molecule has 18 heavy (non-hydrogen) atoms. The first-order valence-corrected chi connectivity index (χ1v) is 6.37. The summed E-state index contributed by atoms with van der Waals surface area (Å²) in [6.07, 6.45) is 2.09. The van der Waals surface area contributed by atoms with E-state index < -0.39 is 11.9 Å². The molecule has 1 unspecified atom stereocenters. The monoisotopic (exact) mass is 271 g/mol. The van der Waals surface area contributed by atoms with Crippen LogP contribution in [0.1, 0.15) is 31.4 Å². The van der Waals surface area contributed by atoms with Gasteiger partial charge in [0.25, 0.3) is 0 Å². The Morgan fingerprint density at radius 3 is 2.89 bits per heavy atom. The fourth-order valence-corrected chi connectivity index (χ4v) is 1.89. The first-order chi connectivity index (χ1) is 8.61. The molecule has 1 saturated carbocycles. The van der Waals surface area contributed by atoms with Crippen molar-refractivity contribution in [1.29, 1.82) is 0 Å². The molecule has 1 fully saturated rings. The van der Waals surface area contributed by atoms with Crippen LogP contribution in [0, 0.1) is 5.82 Å². The lowest BCUT2D eigenvalue weighted by atomic mass is 10.1. The SMILES string of the molecule is CCOC(=O)C(NC1CC1)c1ccc(F)c(Cl)c1. The molecule has 2 rings (SSSR count). The molecule has 0 saturated heterocycles. The predicted molar refractivity (Wildman–Crippen MR) is 66.9 cm³/mol. The van der Waals surface area contributed by atoms with Gasteiger partial charge in [0.15, 0.2) is 0 Å². The second-order valence-electron chi connectivity index (χ2n) is 4.30. The second-order valence-corrected chi connectivity index (χ2v) is 4.71. The largest absolute Gasteiger partial charge is 0.465 e. The summed E-state index contributed by atoms with van der Waals surface area (Å²) in [6.45, 7) is 2.07. The van der Waals surface area contributed by atoms with Gasteiger partial charge in [0.2, 0.25) is 0 Å². The highest BCUT2D eigenvalue weighted by molar-refractivity contribution is 6.30. The van der Waals surface area contributed by atoms with Gasteiger partial charge in [0, 0.05) is 6.04 Å². The van der Waals surface area contributed by atoms with Crippen molar-refractivity contribution >= 4 is 17.6 Å². The van der Waals surface area contributed by atoms with Gasteiger partial charge in [0.1, 0.15) is 11.9 Å². The van der Waals surface area contributed by atoms with Gasteiger partial charge in [-0.3, -0.25) is 5.32 Å². The number of benzene rings is 1. The molecule has 1 N–H and O–H groups in total. The minimum Gasteiger partial charge on any atom is -0.465 e. The van der Waals surface area contributed by atoms with E-state index in [4.69, 9.17) is 16.3 Å². The van der Waals surface area contributed by atoms with Crippen molar-refractivity contribution in [2.45, 2.75) is 31.8 Å². The number of nitrogens with one attached hydrogen (secondary N) is 1.